The van der Waals surface area contributed by atoms with Crippen LogP contribution in [0.5, 0.6) is 0 Å². The summed E-state index contributed by atoms with van der Waals surface area (Å²) in [5, 5.41) is 4.26. The van der Waals surface area contributed by atoms with Gasteiger partial charge in [0.1, 0.15) is 0 Å². The molecule has 3 rings (SSSR count). The Balaban J connectivity index is 1.47. The molecule has 0 aromatic heterocycles. The van der Waals surface area contributed by atoms with Gasteiger partial charge in [-0.1, -0.05) is 60.7 Å². The Morgan fingerprint density at radius 3 is 2.21 bits per heavy atom. The number of hydrogen-bond acceptors (Lipinski definition) is 4. The predicted octanol–water partition coefficient (Wildman–Crippen LogP) is 2.48. The minimum atomic E-state index is -3.46. The molecule has 2 aromatic rings. The summed E-state index contributed by atoms with van der Waals surface area (Å²) < 4.78 is 26.5. The zero-order valence-electron chi connectivity index (χ0n) is 16.6. The molecule has 7 heteroatoms. The van der Waals surface area contributed by atoms with E-state index < -0.39 is 10.0 Å². The molecule has 0 saturated carbocycles. The fourth-order valence-electron chi connectivity index (χ4n) is 3.27. The van der Waals surface area contributed by atoms with Crippen LogP contribution in [0.3, 0.4) is 0 Å². The largest absolute Gasteiger partial charge is 0.348 e. The third-order valence-corrected chi connectivity index (χ3v) is 6.53. The summed E-state index contributed by atoms with van der Waals surface area (Å²) in [6.45, 7) is 4.05. The first kappa shape index (κ1) is 21.2. The minimum absolute atomic E-state index is 0.0540. The standard InChI is InChI=1S/C22H27N3O3S/c1-19(21-10-6-3-7-11-21)23-22(26)18-24-13-15-25(16-14-24)29(27,28)17-12-20-8-4-2-5-9-20/h2-12,17,19H,13-16,18H2,1H3,(H,23,26). The molecule has 0 aliphatic carbocycles. The lowest BCUT2D eigenvalue weighted by atomic mass is 10.1. The monoisotopic (exact) mass is 413 g/mol. The average Bonchev–Trinajstić information content (AvgIpc) is 2.74. The number of carbonyl (C=O) groups excluding carboxylic acids is 1. The first-order chi connectivity index (χ1) is 13.9. The molecule has 0 radical (unpaired) electrons. The van der Waals surface area contributed by atoms with E-state index in [4.69, 9.17) is 0 Å². The van der Waals surface area contributed by atoms with E-state index in [0.29, 0.717) is 26.2 Å². The van der Waals surface area contributed by atoms with Gasteiger partial charge in [-0.3, -0.25) is 9.69 Å². The number of hydrogen-bond donors (Lipinski definition) is 1. The molecule has 1 amide bonds. The smallest absolute Gasteiger partial charge is 0.236 e. The van der Waals surface area contributed by atoms with Crippen LogP contribution in [-0.2, 0) is 14.8 Å². The molecular weight excluding hydrogens is 386 g/mol. The highest BCUT2D eigenvalue weighted by atomic mass is 32.2. The van der Waals surface area contributed by atoms with Crippen molar-refractivity contribution >= 4 is 22.0 Å². The predicted molar refractivity (Wildman–Crippen MR) is 115 cm³/mol. The lowest BCUT2D eigenvalue weighted by Crippen LogP contribution is -2.50. The van der Waals surface area contributed by atoms with Gasteiger partial charge in [0, 0.05) is 31.6 Å². The van der Waals surface area contributed by atoms with Crippen LogP contribution in [0.2, 0.25) is 0 Å². The van der Waals surface area contributed by atoms with Gasteiger partial charge in [0.05, 0.1) is 12.6 Å². The van der Waals surface area contributed by atoms with E-state index in [2.05, 4.69) is 5.32 Å². The molecule has 1 aliphatic rings. The molecule has 1 heterocycles. The van der Waals surface area contributed by atoms with Crippen LogP contribution in [-0.4, -0.2) is 56.3 Å². The molecule has 29 heavy (non-hydrogen) atoms. The number of rotatable bonds is 7. The van der Waals surface area contributed by atoms with Crippen LogP contribution in [0, 0.1) is 0 Å². The van der Waals surface area contributed by atoms with Gasteiger partial charge in [0.15, 0.2) is 0 Å². The SMILES string of the molecule is CC(NC(=O)CN1CCN(S(=O)(=O)C=Cc2ccccc2)CC1)c1ccccc1. The van der Waals surface area contributed by atoms with Crippen LogP contribution in [0.15, 0.2) is 66.1 Å². The highest BCUT2D eigenvalue weighted by Gasteiger charge is 2.26. The summed E-state index contributed by atoms with van der Waals surface area (Å²) in [7, 11) is -3.46. The van der Waals surface area contributed by atoms with Crippen molar-refractivity contribution < 1.29 is 13.2 Å². The summed E-state index contributed by atoms with van der Waals surface area (Å²) in [4.78, 5) is 14.3. The Morgan fingerprint density at radius 1 is 1.00 bits per heavy atom. The second kappa shape index (κ2) is 9.82. The van der Waals surface area contributed by atoms with E-state index in [-0.39, 0.29) is 18.5 Å². The van der Waals surface area contributed by atoms with E-state index in [1.54, 1.807) is 6.08 Å². The van der Waals surface area contributed by atoms with Gasteiger partial charge in [-0.05, 0) is 24.1 Å². The van der Waals surface area contributed by atoms with Gasteiger partial charge in [-0.15, -0.1) is 0 Å². The van der Waals surface area contributed by atoms with Crippen molar-refractivity contribution in [2.24, 2.45) is 0 Å². The number of nitrogens with one attached hydrogen (secondary N) is 1. The van der Waals surface area contributed by atoms with Gasteiger partial charge in [-0.25, -0.2) is 8.42 Å². The van der Waals surface area contributed by atoms with Crippen molar-refractivity contribution in [2.75, 3.05) is 32.7 Å². The fourth-order valence-corrected chi connectivity index (χ4v) is 4.45. The average molecular weight is 414 g/mol. The lowest BCUT2D eigenvalue weighted by molar-refractivity contribution is -0.123. The van der Waals surface area contributed by atoms with Crippen molar-refractivity contribution in [3.63, 3.8) is 0 Å². The summed E-state index contributed by atoms with van der Waals surface area (Å²) in [6.07, 6.45) is 1.61. The highest BCUT2D eigenvalue weighted by Crippen LogP contribution is 2.13. The Kier molecular flexibility index (Phi) is 7.19. The van der Waals surface area contributed by atoms with Crippen LogP contribution in [0.1, 0.15) is 24.1 Å². The molecule has 0 spiro atoms. The maximum absolute atomic E-state index is 12.5. The third-order valence-electron chi connectivity index (χ3n) is 4.97. The molecule has 0 bridgehead atoms. The number of amides is 1. The number of piperazine rings is 1. The zero-order chi connectivity index (χ0) is 20.7. The van der Waals surface area contributed by atoms with Gasteiger partial charge in [0.2, 0.25) is 15.9 Å². The minimum Gasteiger partial charge on any atom is -0.348 e. The first-order valence-corrected chi connectivity index (χ1v) is 11.2. The van der Waals surface area contributed by atoms with Crippen LogP contribution < -0.4 is 5.32 Å². The molecule has 1 fully saturated rings. The molecule has 1 N–H and O–H groups in total. The maximum Gasteiger partial charge on any atom is 0.236 e. The fraction of sp³-hybridized carbons (Fsp3) is 0.318. The van der Waals surface area contributed by atoms with E-state index in [9.17, 15) is 13.2 Å². The zero-order valence-corrected chi connectivity index (χ0v) is 17.4. The summed E-state index contributed by atoms with van der Waals surface area (Å²) in [6, 6.07) is 19.1. The number of benzene rings is 2. The summed E-state index contributed by atoms with van der Waals surface area (Å²) in [5.74, 6) is -0.0540. The van der Waals surface area contributed by atoms with Crippen molar-refractivity contribution in [1.82, 2.24) is 14.5 Å². The molecule has 6 nitrogen and oxygen atoms in total. The highest BCUT2D eigenvalue weighted by molar-refractivity contribution is 7.92. The van der Waals surface area contributed by atoms with Crippen LogP contribution in [0.25, 0.3) is 6.08 Å². The second-order valence-electron chi connectivity index (χ2n) is 7.13. The van der Waals surface area contributed by atoms with Gasteiger partial charge >= 0.3 is 0 Å². The van der Waals surface area contributed by atoms with Gasteiger partial charge in [0.25, 0.3) is 0 Å². The molecule has 2 aromatic carbocycles. The Bertz CT molecular complexity index is 922. The van der Waals surface area contributed by atoms with E-state index >= 15 is 0 Å². The third kappa shape index (κ3) is 6.25. The van der Waals surface area contributed by atoms with Crippen molar-refractivity contribution in [3.8, 4) is 0 Å². The topological polar surface area (TPSA) is 69.7 Å². The van der Waals surface area contributed by atoms with Gasteiger partial charge < -0.3 is 5.32 Å². The van der Waals surface area contributed by atoms with Crippen LogP contribution >= 0.6 is 0 Å². The van der Waals surface area contributed by atoms with Gasteiger partial charge in [-0.2, -0.15) is 4.31 Å². The Labute approximate surface area is 172 Å². The molecular formula is C22H27N3O3S. The van der Waals surface area contributed by atoms with E-state index in [1.807, 2.05) is 72.5 Å². The number of sulfonamides is 1. The Hall–Kier alpha value is -2.48. The van der Waals surface area contributed by atoms with Crippen molar-refractivity contribution in [1.29, 1.82) is 0 Å². The second-order valence-corrected chi connectivity index (χ2v) is 8.95. The molecule has 1 unspecified atom stereocenters. The van der Waals surface area contributed by atoms with E-state index in [0.717, 1.165) is 11.1 Å². The maximum atomic E-state index is 12.5. The number of carbonyl (C=O) groups is 1. The molecule has 1 atom stereocenters. The van der Waals surface area contributed by atoms with Crippen molar-refractivity contribution in [2.45, 2.75) is 13.0 Å². The molecule has 154 valence electrons. The normalized spacial score (nSPS) is 17.3. The van der Waals surface area contributed by atoms with Crippen molar-refractivity contribution in [3.05, 3.63) is 77.2 Å². The lowest BCUT2D eigenvalue weighted by Gasteiger charge is -2.33. The van der Waals surface area contributed by atoms with E-state index in [1.165, 1.54) is 9.71 Å². The molecule has 1 aliphatic heterocycles. The summed E-state index contributed by atoms with van der Waals surface area (Å²) in [5.41, 5.74) is 1.90. The quantitative estimate of drug-likeness (QED) is 0.757. The molecule has 1 saturated heterocycles. The number of nitrogens with zero attached hydrogens (tertiary/aromatic N) is 2. The first-order valence-electron chi connectivity index (χ1n) is 9.74. The Morgan fingerprint density at radius 2 is 1.59 bits per heavy atom. The summed E-state index contributed by atoms with van der Waals surface area (Å²) >= 11 is 0. The van der Waals surface area contributed by atoms with Crippen LogP contribution in [0.4, 0.5) is 0 Å².